The first-order valence-corrected chi connectivity index (χ1v) is 6.80. The Hall–Kier alpha value is -0.830. The van der Waals surface area contributed by atoms with E-state index in [0.29, 0.717) is 0 Å². The van der Waals surface area contributed by atoms with Crippen LogP contribution in [0.3, 0.4) is 0 Å². The quantitative estimate of drug-likeness (QED) is 0.753. The Morgan fingerprint density at radius 1 is 1.35 bits per heavy atom. The molecule has 0 saturated carbocycles. The predicted octanol–water partition coefficient (Wildman–Crippen LogP) is 2.62. The Morgan fingerprint density at radius 3 is 2.65 bits per heavy atom. The summed E-state index contributed by atoms with van der Waals surface area (Å²) in [5, 5.41) is 3.55. The number of hydrogen-bond donors (Lipinski definition) is 1. The van der Waals surface area contributed by atoms with Crippen LogP contribution in [-0.4, -0.2) is 22.6 Å². The van der Waals surface area contributed by atoms with Gasteiger partial charge in [0.15, 0.2) is 0 Å². The van der Waals surface area contributed by atoms with Crippen molar-refractivity contribution in [2.24, 2.45) is 18.9 Å². The van der Waals surface area contributed by atoms with Crippen molar-refractivity contribution in [3.63, 3.8) is 0 Å². The highest BCUT2D eigenvalue weighted by molar-refractivity contribution is 4.91. The summed E-state index contributed by atoms with van der Waals surface area (Å²) in [6.07, 6.45) is 7.47. The molecule has 98 valence electrons. The fourth-order valence-electron chi connectivity index (χ4n) is 2.00. The summed E-state index contributed by atoms with van der Waals surface area (Å²) in [6, 6.07) is 0. The minimum atomic E-state index is 0.738. The van der Waals surface area contributed by atoms with Gasteiger partial charge in [-0.05, 0) is 31.3 Å². The van der Waals surface area contributed by atoms with E-state index in [1.807, 2.05) is 12.4 Å². The summed E-state index contributed by atoms with van der Waals surface area (Å²) in [5.41, 5.74) is 0. The van der Waals surface area contributed by atoms with Gasteiger partial charge in [0.1, 0.15) is 5.82 Å². The summed E-state index contributed by atoms with van der Waals surface area (Å²) in [7, 11) is 2.07. The summed E-state index contributed by atoms with van der Waals surface area (Å²) >= 11 is 0. The van der Waals surface area contributed by atoms with E-state index in [1.54, 1.807) is 0 Å². The molecule has 0 aliphatic heterocycles. The molecule has 1 rings (SSSR count). The maximum absolute atomic E-state index is 4.37. The van der Waals surface area contributed by atoms with Crippen molar-refractivity contribution in [2.75, 3.05) is 13.1 Å². The molecule has 0 bridgehead atoms. The molecule has 1 aromatic heterocycles. The van der Waals surface area contributed by atoms with Crippen molar-refractivity contribution in [2.45, 2.75) is 40.0 Å². The van der Waals surface area contributed by atoms with E-state index in [1.165, 1.54) is 18.7 Å². The van der Waals surface area contributed by atoms with Gasteiger partial charge in [-0.2, -0.15) is 0 Å². The van der Waals surface area contributed by atoms with Crippen LogP contribution < -0.4 is 5.32 Å². The van der Waals surface area contributed by atoms with Gasteiger partial charge in [0.05, 0.1) is 0 Å². The second-order valence-corrected chi connectivity index (χ2v) is 5.32. The Balaban J connectivity index is 2.25. The first-order valence-electron chi connectivity index (χ1n) is 6.80. The average molecular weight is 237 g/mol. The molecule has 0 saturated heterocycles. The van der Waals surface area contributed by atoms with E-state index in [4.69, 9.17) is 0 Å². The molecule has 1 unspecified atom stereocenters. The van der Waals surface area contributed by atoms with Crippen molar-refractivity contribution in [1.29, 1.82) is 0 Å². The van der Waals surface area contributed by atoms with Gasteiger partial charge in [0, 0.05) is 25.9 Å². The third kappa shape index (κ3) is 5.35. The van der Waals surface area contributed by atoms with E-state index in [9.17, 15) is 0 Å². The molecule has 1 N–H and O–H groups in total. The lowest BCUT2D eigenvalue weighted by atomic mass is 10.00. The van der Waals surface area contributed by atoms with E-state index >= 15 is 0 Å². The smallest absolute Gasteiger partial charge is 0.108 e. The zero-order valence-corrected chi connectivity index (χ0v) is 11.7. The van der Waals surface area contributed by atoms with E-state index in [-0.39, 0.29) is 0 Å². The number of imidazole rings is 1. The molecule has 1 heterocycles. The highest BCUT2D eigenvalue weighted by atomic mass is 15.0. The first kappa shape index (κ1) is 14.2. The van der Waals surface area contributed by atoms with E-state index in [2.05, 4.69) is 42.7 Å². The number of aryl methyl sites for hydroxylation is 2. The van der Waals surface area contributed by atoms with Crippen LogP contribution in [0.1, 0.15) is 39.4 Å². The fraction of sp³-hybridized carbons (Fsp3) is 0.786. The highest BCUT2D eigenvalue weighted by Gasteiger charge is 2.08. The van der Waals surface area contributed by atoms with Crippen molar-refractivity contribution >= 4 is 0 Å². The molecule has 0 fully saturated rings. The van der Waals surface area contributed by atoms with Gasteiger partial charge in [-0.25, -0.2) is 4.98 Å². The molecule has 0 aromatic carbocycles. The molecule has 0 aliphatic rings. The van der Waals surface area contributed by atoms with Gasteiger partial charge in [-0.15, -0.1) is 0 Å². The van der Waals surface area contributed by atoms with Crippen LogP contribution in [0.4, 0.5) is 0 Å². The number of hydrogen-bond acceptors (Lipinski definition) is 2. The van der Waals surface area contributed by atoms with Crippen molar-refractivity contribution in [3.8, 4) is 0 Å². The molecule has 1 atom stereocenters. The minimum Gasteiger partial charge on any atom is -0.338 e. The van der Waals surface area contributed by atoms with Crippen molar-refractivity contribution in [3.05, 3.63) is 18.2 Å². The van der Waals surface area contributed by atoms with Crippen LogP contribution in [0.2, 0.25) is 0 Å². The molecule has 1 aromatic rings. The number of nitrogens with zero attached hydrogens (tertiary/aromatic N) is 2. The largest absolute Gasteiger partial charge is 0.338 e. The van der Waals surface area contributed by atoms with Gasteiger partial charge < -0.3 is 9.88 Å². The lowest BCUT2D eigenvalue weighted by molar-refractivity contribution is 0.412. The topological polar surface area (TPSA) is 29.9 Å². The van der Waals surface area contributed by atoms with Crippen LogP contribution in [0.25, 0.3) is 0 Å². The molecule has 0 amide bonds. The molecule has 0 aliphatic carbocycles. The molecule has 3 nitrogen and oxygen atoms in total. The van der Waals surface area contributed by atoms with Gasteiger partial charge >= 0.3 is 0 Å². The van der Waals surface area contributed by atoms with Crippen LogP contribution in [0, 0.1) is 11.8 Å². The standard InChI is InChI=1S/C14H27N3/c1-5-13(11-15-10-12(2)3)6-7-14-16-8-9-17(14)4/h8-9,12-13,15H,5-7,10-11H2,1-4H3. The highest BCUT2D eigenvalue weighted by Crippen LogP contribution is 2.11. The van der Waals surface area contributed by atoms with E-state index < -0.39 is 0 Å². The van der Waals surface area contributed by atoms with E-state index in [0.717, 1.165) is 31.3 Å². The Kier molecular flexibility index (Phi) is 6.27. The Morgan fingerprint density at radius 2 is 2.12 bits per heavy atom. The third-order valence-corrected chi connectivity index (χ3v) is 3.26. The van der Waals surface area contributed by atoms with Crippen molar-refractivity contribution < 1.29 is 0 Å². The van der Waals surface area contributed by atoms with Crippen molar-refractivity contribution in [1.82, 2.24) is 14.9 Å². The zero-order valence-electron chi connectivity index (χ0n) is 11.7. The average Bonchev–Trinajstić information content (AvgIpc) is 2.68. The third-order valence-electron chi connectivity index (χ3n) is 3.26. The predicted molar refractivity (Wildman–Crippen MR) is 73.0 cm³/mol. The fourth-order valence-corrected chi connectivity index (χ4v) is 2.00. The summed E-state index contributed by atoms with van der Waals surface area (Å²) in [4.78, 5) is 4.37. The second-order valence-electron chi connectivity index (χ2n) is 5.32. The number of rotatable bonds is 8. The summed E-state index contributed by atoms with van der Waals surface area (Å²) < 4.78 is 2.12. The molecule has 0 radical (unpaired) electrons. The molecule has 0 spiro atoms. The molecular weight excluding hydrogens is 210 g/mol. The summed E-state index contributed by atoms with van der Waals surface area (Å²) in [5.74, 6) is 2.71. The van der Waals surface area contributed by atoms with Gasteiger partial charge in [0.25, 0.3) is 0 Å². The first-order chi connectivity index (χ1) is 8.13. The van der Waals surface area contributed by atoms with Crippen LogP contribution >= 0.6 is 0 Å². The Bertz CT molecular complexity index is 304. The minimum absolute atomic E-state index is 0.738. The van der Waals surface area contributed by atoms with Crippen LogP contribution in [-0.2, 0) is 13.5 Å². The Labute approximate surface area is 106 Å². The normalized spacial score (nSPS) is 13.2. The maximum atomic E-state index is 4.37. The van der Waals surface area contributed by atoms with Crippen LogP contribution in [0.15, 0.2) is 12.4 Å². The molecular formula is C14H27N3. The van der Waals surface area contributed by atoms with Gasteiger partial charge in [-0.1, -0.05) is 27.2 Å². The second kappa shape index (κ2) is 7.49. The van der Waals surface area contributed by atoms with Gasteiger partial charge in [-0.3, -0.25) is 0 Å². The number of nitrogens with one attached hydrogen (secondary N) is 1. The monoisotopic (exact) mass is 237 g/mol. The lowest BCUT2D eigenvalue weighted by Gasteiger charge is -2.16. The zero-order chi connectivity index (χ0) is 12.7. The molecule has 3 heteroatoms. The SMILES string of the molecule is CCC(CCc1nccn1C)CNCC(C)C. The lowest BCUT2D eigenvalue weighted by Crippen LogP contribution is -2.26. The molecule has 17 heavy (non-hydrogen) atoms. The number of aromatic nitrogens is 2. The summed E-state index contributed by atoms with van der Waals surface area (Å²) in [6.45, 7) is 9.04. The maximum Gasteiger partial charge on any atom is 0.108 e. The van der Waals surface area contributed by atoms with Crippen LogP contribution in [0.5, 0.6) is 0 Å². The van der Waals surface area contributed by atoms with Gasteiger partial charge in [0.2, 0.25) is 0 Å².